The van der Waals surface area contributed by atoms with Crippen molar-refractivity contribution in [3.05, 3.63) is 59.2 Å². The Morgan fingerprint density at radius 3 is 2.65 bits per heavy atom. The number of hydrogen-bond donors (Lipinski definition) is 1. The standard InChI is InChI=1S/C16H16FN3/c1-10-5-15-16(6-11(10)2)20(9-19-15)8-12-3-4-14(18)13(17)7-12/h3-7,9H,8,18H2,1-2H3. The summed E-state index contributed by atoms with van der Waals surface area (Å²) in [6.45, 7) is 4.73. The van der Waals surface area contributed by atoms with Crippen LogP contribution >= 0.6 is 0 Å². The number of nitrogen functional groups attached to an aromatic ring is 1. The van der Waals surface area contributed by atoms with Crippen molar-refractivity contribution in [1.82, 2.24) is 9.55 Å². The van der Waals surface area contributed by atoms with Gasteiger partial charge in [-0.2, -0.15) is 0 Å². The molecule has 0 saturated carbocycles. The maximum Gasteiger partial charge on any atom is 0.146 e. The topological polar surface area (TPSA) is 43.8 Å². The Labute approximate surface area is 116 Å². The molecule has 1 heterocycles. The zero-order valence-corrected chi connectivity index (χ0v) is 11.5. The van der Waals surface area contributed by atoms with Gasteiger partial charge in [0.25, 0.3) is 0 Å². The van der Waals surface area contributed by atoms with Crippen LogP contribution in [-0.4, -0.2) is 9.55 Å². The zero-order valence-electron chi connectivity index (χ0n) is 11.5. The van der Waals surface area contributed by atoms with Crippen LogP contribution in [0, 0.1) is 19.7 Å². The average molecular weight is 269 g/mol. The SMILES string of the molecule is Cc1cc2ncn(Cc3ccc(N)c(F)c3)c2cc1C. The number of aryl methyl sites for hydroxylation is 2. The van der Waals surface area contributed by atoms with Crippen LogP contribution in [0.3, 0.4) is 0 Å². The molecular formula is C16H16FN3. The molecule has 2 N–H and O–H groups in total. The first-order valence-corrected chi connectivity index (χ1v) is 6.50. The number of fused-ring (bicyclic) bond motifs is 1. The molecule has 0 unspecified atom stereocenters. The number of nitrogens with zero attached hydrogens (tertiary/aromatic N) is 2. The molecule has 0 aliphatic heterocycles. The maximum absolute atomic E-state index is 13.5. The molecule has 3 rings (SSSR count). The molecule has 0 bridgehead atoms. The van der Waals surface area contributed by atoms with Gasteiger partial charge in [0.05, 0.1) is 23.0 Å². The van der Waals surface area contributed by atoms with Gasteiger partial charge >= 0.3 is 0 Å². The summed E-state index contributed by atoms with van der Waals surface area (Å²) in [6, 6.07) is 9.10. The van der Waals surface area contributed by atoms with Gasteiger partial charge in [0.2, 0.25) is 0 Å². The van der Waals surface area contributed by atoms with Crippen molar-refractivity contribution in [3.63, 3.8) is 0 Å². The number of rotatable bonds is 2. The molecule has 4 heteroatoms. The Hall–Kier alpha value is -2.36. The van der Waals surface area contributed by atoms with Gasteiger partial charge in [0, 0.05) is 6.54 Å². The monoisotopic (exact) mass is 269 g/mol. The van der Waals surface area contributed by atoms with Crippen molar-refractivity contribution in [2.45, 2.75) is 20.4 Å². The van der Waals surface area contributed by atoms with Crippen LogP contribution in [0.5, 0.6) is 0 Å². The predicted molar refractivity (Wildman–Crippen MR) is 79.1 cm³/mol. The Morgan fingerprint density at radius 1 is 1.15 bits per heavy atom. The van der Waals surface area contributed by atoms with Crippen molar-refractivity contribution in [3.8, 4) is 0 Å². The lowest BCUT2D eigenvalue weighted by molar-refractivity contribution is 0.628. The summed E-state index contributed by atoms with van der Waals surface area (Å²) in [6.07, 6.45) is 1.79. The van der Waals surface area contributed by atoms with E-state index in [9.17, 15) is 4.39 Å². The third-order valence-corrected chi connectivity index (χ3v) is 3.65. The van der Waals surface area contributed by atoms with Gasteiger partial charge in [-0.05, 0) is 54.8 Å². The summed E-state index contributed by atoms with van der Waals surface area (Å²) >= 11 is 0. The molecule has 0 amide bonds. The van der Waals surface area contributed by atoms with E-state index in [1.807, 2.05) is 10.6 Å². The minimum Gasteiger partial charge on any atom is -0.396 e. The van der Waals surface area contributed by atoms with Crippen LogP contribution in [0.25, 0.3) is 11.0 Å². The van der Waals surface area contributed by atoms with Crippen LogP contribution in [0.1, 0.15) is 16.7 Å². The second-order valence-corrected chi connectivity index (χ2v) is 5.15. The quantitative estimate of drug-likeness (QED) is 0.724. The number of anilines is 1. The highest BCUT2D eigenvalue weighted by atomic mass is 19.1. The van der Waals surface area contributed by atoms with Crippen molar-refractivity contribution in [2.24, 2.45) is 0 Å². The highest BCUT2D eigenvalue weighted by molar-refractivity contribution is 5.77. The largest absolute Gasteiger partial charge is 0.396 e. The molecule has 102 valence electrons. The first-order valence-electron chi connectivity index (χ1n) is 6.50. The van der Waals surface area contributed by atoms with Crippen molar-refractivity contribution < 1.29 is 4.39 Å². The normalized spacial score (nSPS) is 11.2. The second-order valence-electron chi connectivity index (χ2n) is 5.15. The van der Waals surface area contributed by atoms with Gasteiger partial charge in [0.15, 0.2) is 0 Å². The van der Waals surface area contributed by atoms with E-state index in [0.717, 1.165) is 16.6 Å². The summed E-state index contributed by atoms with van der Waals surface area (Å²) in [5.74, 6) is -0.376. The van der Waals surface area contributed by atoms with Crippen molar-refractivity contribution >= 4 is 16.7 Å². The predicted octanol–water partition coefficient (Wildman–Crippen LogP) is 3.42. The second kappa shape index (κ2) is 4.63. The number of benzene rings is 2. The summed E-state index contributed by atoms with van der Waals surface area (Å²) in [5.41, 5.74) is 11.0. The molecule has 3 nitrogen and oxygen atoms in total. The van der Waals surface area contributed by atoms with Crippen LogP contribution in [0.15, 0.2) is 36.7 Å². The zero-order chi connectivity index (χ0) is 14.3. The molecule has 0 fully saturated rings. The Balaban J connectivity index is 2.02. The molecule has 0 atom stereocenters. The Kier molecular flexibility index (Phi) is 2.93. The van der Waals surface area contributed by atoms with Gasteiger partial charge in [-0.15, -0.1) is 0 Å². The summed E-state index contributed by atoms with van der Waals surface area (Å²) < 4.78 is 15.5. The van der Waals surface area contributed by atoms with Crippen LogP contribution in [-0.2, 0) is 6.54 Å². The van der Waals surface area contributed by atoms with E-state index < -0.39 is 0 Å². The first-order chi connectivity index (χ1) is 9.54. The minimum atomic E-state index is -0.376. The molecule has 20 heavy (non-hydrogen) atoms. The van der Waals surface area contributed by atoms with E-state index in [1.54, 1.807) is 12.4 Å². The van der Waals surface area contributed by atoms with E-state index in [1.165, 1.54) is 17.2 Å². The maximum atomic E-state index is 13.5. The average Bonchev–Trinajstić information content (AvgIpc) is 2.77. The van der Waals surface area contributed by atoms with E-state index >= 15 is 0 Å². The van der Waals surface area contributed by atoms with Gasteiger partial charge < -0.3 is 10.3 Å². The number of aromatic nitrogens is 2. The minimum absolute atomic E-state index is 0.177. The van der Waals surface area contributed by atoms with Crippen LogP contribution < -0.4 is 5.73 Å². The van der Waals surface area contributed by atoms with Crippen molar-refractivity contribution in [2.75, 3.05) is 5.73 Å². The molecule has 2 aromatic carbocycles. The summed E-state index contributed by atoms with van der Waals surface area (Å²) in [5, 5.41) is 0. The van der Waals surface area contributed by atoms with E-state index in [4.69, 9.17) is 5.73 Å². The third-order valence-electron chi connectivity index (χ3n) is 3.65. The van der Waals surface area contributed by atoms with E-state index in [0.29, 0.717) is 6.54 Å². The molecule has 0 aliphatic carbocycles. The van der Waals surface area contributed by atoms with Gasteiger partial charge in [-0.1, -0.05) is 6.07 Å². The van der Waals surface area contributed by atoms with Gasteiger partial charge in [-0.25, -0.2) is 9.37 Å². The smallest absolute Gasteiger partial charge is 0.146 e. The van der Waals surface area contributed by atoms with E-state index in [-0.39, 0.29) is 11.5 Å². The van der Waals surface area contributed by atoms with Crippen molar-refractivity contribution in [1.29, 1.82) is 0 Å². The fraction of sp³-hybridized carbons (Fsp3) is 0.188. The molecule has 1 aromatic heterocycles. The van der Waals surface area contributed by atoms with Crippen LogP contribution in [0.4, 0.5) is 10.1 Å². The summed E-state index contributed by atoms with van der Waals surface area (Å²) in [7, 11) is 0. The lowest BCUT2D eigenvalue weighted by Crippen LogP contribution is -2.00. The summed E-state index contributed by atoms with van der Waals surface area (Å²) in [4.78, 5) is 4.40. The lowest BCUT2D eigenvalue weighted by atomic mass is 10.1. The Bertz CT molecular complexity index is 790. The van der Waals surface area contributed by atoms with Gasteiger partial charge in [0.1, 0.15) is 5.82 Å². The van der Waals surface area contributed by atoms with Crippen LogP contribution in [0.2, 0.25) is 0 Å². The molecule has 0 aliphatic rings. The van der Waals surface area contributed by atoms with E-state index in [2.05, 4.69) is 31.0 Å². The first kappa shape index (κ1) is 12.7. The fourth-order valence-electron chi connectivity index (χ4n) is 2.30. The Morgan fingerprint density at radius 2 is 1.90 bits per heavy atom. The lowest BCUT2D eigenvalue weighted by Gasteiger charge is -2.07. The number of nitrogens with two attached hydrogens (primary N) is 1. The number of hydrogen-bond acceptors (Lipinski definition) is 2. The molecule has 0 spiro atoms. The molecule has 0 saturated heterocycles. The van der Waals surface area contributed by atoms with Gasteiger partial charge in [-0.3, -0.25) is 0 Å². The third kappa shape index (κ3) is 2.13. The number of halogens is 1. The molecule has 3 aromatic rings. The molecular weight excluding hydrogens is 253 g/mol. The molecule has 0 radical (unpaired) electrons. The highest BCUT2D eigenvalue weighted by Crippen LogP contribution is 2.20. The number of imidazole rings is 1. The fourth-order valence-corrected chi connectivity index (χ4v) is 2.30. The highest BCUT2D eigenvalue weighted by Gasteiger charge is 2.07.